The molecule has 0 fully saturated rings. The quantitative estimate of drug-likeness (QED) is 0.146. The molecule has 1 aliphatic rings. The summed E-state index contributed by atoms with van der Waals surface area (Å²) in [6.45, 7) is 0. The van der Waals surface area contributed by atoms with Gasteiger partial charge in [0.15, 0.2) is 11.6 Å². The lowest BCUT2D eigenvalue weighted by Crippen LogP contribution is -1.98. The molecule has 4 nitrogen and oxygen atoms in total. The van der Waals surface area contributed by atoms with E-state index < -0.39 is 0 Å². The van der Waals surface area contributed by atoms with Gasteiger partial charge in [0.05, 0.1) is 22.8 Å². The van der Waals surface area contributed by atoms with Gasteiger partial charge in [0.25, 0.3) is 0 Å². The second-order valence-corrected chi connectivity index (χ2v) is 14.1. The molecule has 7 aromatic carbocycles. The van der Waals surface area contributed by atoms with Crippen LogP contribution in [0.3, 0.4) is 0 Å². The molecule has 4 heteroatoms. The van der Waals surface area contributed by atoms with Crippen molar-refractivity contribution in [3.8, 4) is 78.9 Å². The van der Waals surface area contributed by atoms with Crippen LogP contribution in [-0.2, 0) is 0 Å². The average molecular weight is 739 g/mol. The van der Waals surface area contributed by atoms with E-state index in [9.17, 15) is 0 Å². The first kappa shape index (κ1) is 34.5. The zero-order chi connectivity index (χ0) is 38.7. The highest BCUT2D eigenvalue weighted by molar-refractivity contribution is 5.94. The molecule has 0 amide bonds. The first-order valence-electron chi connectivity index (χ1n) is 19.3. The van der Waals surface area contributed by atoms with Crippen molar-refractivity contribution in [1.82, 2.24) is 19.9 Å². The average Bonchev–Trinajstić information content (AvgIpc) is 3.32. The van der Waals surface area contributed by atoms with Crippen LogP contribution in [0.1, 0.15) is 16.7 Å². The second-order valence-electron chi connectivity index (χ2n) is 14.1. The zero-order valence-electron chi connectivity index (χ0n) is 31.4. The normalized spacial score (nSPS) is 11.6. The molecule has 2 heterocycles. The Kier molecular flexibility index (Phi) is 9.08. The van der Waals surface area contributed by atoms with E-state index in [0.29, 0.717) is 11.6 Å². The van der Waals surface area contributed by atoms with Crippen LogP contribution in [0.15, 0.2) is 212 Å². The van der Waals surface area contributed by atoms with Gasteiger partial charge in [-0.05, 0) is 40.5 Å². The van der Waals surface area contributed by atoms with Crippen LogP contribution >= 0.6 is 0 Å². The molecule has 10 rings (SSSR count). The topological polar surface area (TPSA) is 51.6 Å². The molecule has 0 atom stereocenters. The number of hydrogen-bond acceptors (Lipinski definition) is 4. The van der Waals surface area contributed by atoms with Gasteiger partial charge in [-0.25, -0.2) is 19.9 Å². The molecule has 9 aromatic rings. The van der Waals surface area contributed by atoms with Gasteiger partial charge in [0.2, 0.25) is 0 Å². The molecule has 0 bridgehead atoms. The van der Waals surface area contributed by atoms with Crippen molar-refractivity contribution >= 4 is 11.6 Å². The maximum absolute atomic E-state index is 5.05. The van der Waals surface area contributed by atoms with Crippen molar-refractivity contribution < 1.29 is 0 Å². The number of rotatable bonds is 8. The van der Waals surface area contributed by atoms with E-state index in [-0.39, 0.29) is 0 Å². The number of nitrogens with zero attached hydrogens (tertiary/aromatic N) is 4. The maximum atomic E-state index is 5.05. The summed E-state index contributed by atoms with van der Waals surface area (Å²) in [5.74, 6) is 1.40. The van der Waals surface area contributed by atoms with E-state index in [2.05, 4.69) is 139 Å². The van der Waals surface area contributed by atoms with Crippen molar-refractivity contribution in [2.75, 3.05) is 0 Å². The lowest BCUT2D eigenvalue weighted by Gasteiger charge is -2.17. The molecule has 0 saturated heterocycles. The summed E-state index contributed by atoms with van der Waals surface area (Å²) in [4.78, 5) is 20.0. The minimum Gasteiger partial charge on any atom is -0.228 e. The number of benzene rings is 7. The summed E-state index contributed by atoms with van der Waals surface area (Å²) in [5.41, 5.74) is 22.9. The summed E-state index contributed by atoms with van der Waals surface area (Å²) >= 11 is 0. The van der Waals surface area contributed by atoms with Crippen molar-refractivity contribution in [3.05, 3.63) is 228 Å². The predicted octanol–water partition coefficient (Wildman–Crippen LogP) is 13.1. The molecule has 0 spiro atoms. The highest BCUT2D eigenvalue weighted by atomic mass is 14.9. The monoisotopic (exact) mass is 738 g/mol. The zero-order valence-corrected chi connectivity index (χ0v) is 31.4. The Bertz CT molecular complexity index is 2900. The van der Waals surface area contributed by atoms with Crippen LogP contribution in [0.25, 0.3) is 90.6 Å². The fourth-order valence-corrected chi connectivity index (χ4v) is 7.44. The summed E-state index contributed by atoms with van der Waals surface area (Å²) in [6, 6.07) is 68.7. The first-order chi connectivity index (χ1) is 28.7. The van der Waals surface area contributed by atoms with E-state index in [4.69, 9.17) is 19.9 Å². The minimum absolute atomic E-state index is 0.696. The number of hydrogen-bond donors (Lipinski definition) is 0. The van der Waals surface area contributed by atoms with Gasteiger partial charge in [0.1, 0.15) is 0 Å². The van der Waals surface area contributed by atoms with Crippen LogP contribution < -0.4 is 0 Å². The summed E-state index contributed by atoms with van der Waals surface area (Å²) < 4.78 is 0. The fourth-order valence-electron chi connectivity index (χ4n) is 7.44. The third-order valence-corrected chi connectivity index (χ3v) is 10.4. The Morgan fingerprint density at radius 3 is 1.14 bits per heavy atom. The van der Waals surface area contributed by atoms with Gasteiger partial charge in [-0.2, -0.15) is 0 Å². The third-order valence-electron chi connectivity index (χ3n) is 10.4. The molecule has 0 radical (unpaired) electrons. The standard InChI is InChI=1S/C54H34N4/c1-5-15-39(16-6-1)48-35-50(57-53(55-48)44-19-9-3-10-20-44)41-31-27-37(28-32-41)46-25-13-23-43-24-14-26-47(52(43)46)38-29-33-42(34-30-38)51-36-49(40-17-7-2-8-18-40)56-54(58-51)45-21-11-4-12-22-45/h1-13,15-25,27-36H. The van der Waals surface area contributed by atoms with E-state index >= 15 is 0 Å². The molecule has 0 unspecified atom stereocenters. The van der Waals surface area contributed by atoms with Gasteiger partial charge in [0, 0.05) is 44.5 Å². The Hall–Kier alpha value is -8.00. The second kappa shape index (κ2) is 15.3. The third kappa shape index (κ3) is 6.90. The molecular formula is C54H34N4. The summed E-state index contributed by atoms with van der Waals surface area (Å²) in [6.07, 6.45) is 2.01. The van der Waals surface area contributed by atoms with Crippen molar-refractivity contribution in [2.24, 2.45) is 0 Å². The highest BCUT2D eigenvalue weighted by Crippen LogP contribution is 2.39. The van der Waals surface area contributed by atoms with Crippen molar-refractivity contribution in [2.45, 2.75) is 0 Å². The van der Waals surface area contributed by atoms with Crippen LogP contribution in [0.5, 0.6) is 0 Å². The van der Waals surface area contributed by atoms with E-state index in [1.165, 1.54) is 0 Å². The van der Waals surface area contributed by atoms with Gasteiger partial charge in [-0.1, -0.05) is 200 Å². The molecular weight excluding hydrogens is 705 g/mol. The van der Waals surface area contributed by atoms with Gasteiger partial charge >= 0.3 is 0 Å². The Morgan fingerprint density at radius 2 is 0.690 bits per heavy atom. The van der Waals surface area contributed by atoms with E-state index in [1.54, 1.807) is 0 Å². The van der Waals surface area contributed by atoms with E-state index in [0.717, 1.165) is 89.5 Å². The lowest BCUT2D eigenvalue weighted by molar-refractivity contribution is 1.18. The summed E-state index contributed by atoms with van der Waals surface area (Å²) in [7, 11) is 0. The molecule has 58 heavy (non-hydrogen) atoms. The minimum atomic E-state index is 0.696. The van der Waals surface area contributed by atoms with Gasteiger partial charge in [-0.15, -0.1) is 0 Å². The smallest absolute Gasteiger partial charge is 0.160 e. The lowest BCUT2D eigenvalue weighted by atomic mass is 9.85. The number of aromatic nitrogens is 4. The molecule has 0 saturated carbocycles. The van der Waals surface area contributed by atoms with Crippen LogP contribution in [0.2, 0.25) is 0 Å². The summed E-state index contributed by atoms with van der Waals surface area (Å²) in [5, 5.41) is 0. The molecule has 0 N–H and O–H groups in total. The Morgan fingerprint density at radius 1 is 0.310 bits per heavy atom. The molecule has 1 aliphatic carbocycles. The van der Waals surface area contributed by atoms with Crippen LogP contribution in [0.4, 0.5) is 0 Å². The Balaban J connectivity index is 0.993. The van der Waals surface area contributed by atoms with E-state index in [1.807, 2.05) is 78.9 Å². The largest absolute Gasteiger partial charge is 0.228 e. The van der Waals surface area contributed by atoms with Crippen LogP contribution in [-0.4, -0.2) is 19.9 Å². The van der Waals surface area contributed by atoms with Crippen molar-refractivity contribution in [3.63, 3.8) is 0 Å². The molecule has 270 valence electrons. The van der Waals surface area contributed by atoms with Gasteiger partial charge < -0.3 is 0 Å². The first-order valence-corrected chi connectivity index (χ1v) is 19.3. The number of fused-ring (bicyclic) bond motifs is 1. The van der Waals surface area contributed by atoms with Crippen LogP contribution in [0, 0.1) is 0 Å². The fraction of sp³-hybridized carbons (Fsp3) is 0. The highest BCUT2D eigenvalue weighted by Gasteiger charge is 2.18. The predicted molar refractivity (Wildman–Crippen MR) is 236 cm³/mol. The maximum Gasteiger partial charge on any atom is 0.160 e. The SMILES string of the molecule is C1=C=C(c2ccc(-c3cc(-c4ccccc4)nc(-c4ccccc4)n3)cc2)c2c(cccc2-c2ccc(-c3cc(-c4ccccc4)nc(-c4ccccc4)n3)cc2)C=1. The molecule has 2 aromatic heterocycles. The van der Waals surface area contributed by atoms with Gasteiger partial charge in [-0.3, -0.25) is 0 Å². The molecule has 0 aliphatic heterocycles. The Labute approximate surface area is 337 Å². The van der Waals surface area contributed by atoms with Crippen molar-refractivity contribution in [1.29, 1.82) is 0 Å².